The molecule has 1 aliphatic carbocycles. The fraction of sp³-hybridized carbons (Fsp3) is 0.100. The lowest BCUT2D eigenvalue weighted by Crippen LogP contribution is -2.39. The van der Waals surface area contributed by atoms with Gasteiger partial charge in [0.1, 0.15) is 0 Å². The number of nitrogens with zero attached hydrogens (tertiary/aromatic N) is 3. The fourth-order valence-corrected chi connectivity index (χ4v) is 6.76. The van der Waals surface area contributed by atoms with Gasteiger partial charge < -0.3 is 4.90 Å². The van der Waals surface area contributed by atoms with Crippen molar-refractivity contribution in [1.82, 2.24) is 9.97 Å². The van der Waals surface area contributed by atoms with E-state index in [0.29, 0.717) is 0 Å². The number of anilines is 2. The average molecular weight is 554 g/mol. The number of para-hydroxylation sites is 1. The van der Waals surface area contributed by atoms with E-state index in [9.17, 15) is 0 Å². The summed E-state index contributed by atoms with van der Waals surface area (Å²) in [4.78, 5) is 11.8. The second kappa shape index (κ2) is 9.92. The van der Waals surface area contributed by atoms with Gasteiger partial charge in [0.15, 0.2) is 0 Å². The van der Waals surface area contributed by atoms with Crippen LogP contribution in [-0.2, 0) is 5.41 Å². The van der Waals surface area contributed by atoms with E-state index < -0.39 is 0 Å². The second-order valence-electron chi connectivity index (χ2n) is 11.8. The molecule has 8 rings (SSSR count). The van der Waals surface area contributed by atoms with E-state index in [0.717, 1.165) is 22.4 Å². The number of allylic oxidation sites excluding steroid dienone is 2. The smallest absolute Gasteiger partial charge is 0.0717 e. The quantitative estimate of drug-likeness (QED) is 0.218. The van der Waals surface area contributed by atoms with Crippen LogP contribution in [0.1, 0.15) is 23.6 Å². The molecule has 0 N–H and O–H groups in total. The minimum Gasteiger partial charge on any atom is -0.332 e. The molecule has 3 heterocycles. The van der Waals surface area contributed by atoms with Crippen molar-refractivity contribution < 1.29 is 0 Å². The van der Waals surface area contributed by atoms with Gasteiger partial charge >= 0.3 is 0 Å². The largest absolute Gasteiger partial charge is 0.332 e. The summed E-state index contributed by atoms with van der Waals surface area (Å²) in [7, 11) is 0. The predicted octanol–water partition coefficient (Wildman–Crippen LogP) is 9.70. The summed E-state index contributed by atoms with van der Waals surface area (Å²) in [5.74, 6) is 0. The molecule has 2 aromatic heterocycles. The lowest BCUT2D eigenvalue weighted by atomic mass is 9.74. The summed E-state index contributed by atoms with van der Waals surface area (Å²) >= 11 is 0. The molecular formula is C40H31N3. The van der Waals surface area contributed by atoms with E-state index in [4.69, 9.17) is 0 Å². The SMILES string of the molecule is Cc1ccc(-c2cncc(C3=CC4N(c5ccccc5)c5c(ccc6cc(-c7ccccc7)ccc56)C4(C)C=C3)c2)nc1. The lowest BCUT2D eigenvalue weighted by Gasteiger charge is -2.36. The van der Waals surface area contributed by atoms with Crippen molar-refractivity contribution >= 4 is 27.7 Å². The molecule has 0 radical (unpaired) electrons. The first-order valence-electron chi connectivity index (χ1n) is 14.8. The Balaban J connectivity index is 1.27. The highest BCUT2D eigenvalue weighted by atomic mass is 15.2. The first-order chi connectivity index (χ1) is 21.1. The molecule has 6 aromatic rings. The number of hydrogen-bond acceptors (Lipinski definition) is 3. The molecule has 1 aliphatic heterocycles. The predicted molar refractivity (Wildman–Crippen MR) is 178 cm³/mol. The molecule has 0 spiro atoms. The second-order valence-corrected chi connectivity index (χ2v) is 11.8. The first kappa shape index (κ1) is 25.4. The van der Waals surface area contributed by atoms with Gasteiger partial charge in [-0.05, 0) is 77.4 Å². The van der Waals surface area contributed by atoms with E-state index in [-0.39, 0.29) is 11.5 Å². The highest BCUT2D eigenvalue weighted by Crippen LogP contribution is 2.55. The molecule has 4 aromatic carbocycles. The Labute approximate surface area is 252 Å². The normalized spacial score (nSPS) is 18.8. The Morgan fingerprint density at radius 1 is 0.698 bits per heavy atom. The van der Waals surface area contributed by atoms with Crippen LogP contribution in [0.3, 0.4) is 0 Å². The number of fused-ring (bicyclic) bond motifs is 5. The van der Waals surface area contributed by atoms with Gasteiger partial charge in [0, 0.05) is 46.2 Å². The number of hydrogen-bond donors (Lipinski definition) is 0. The Morgan fingerprint density at radius 3 is 2.28 bits per heavy atom. The van der Waals surface area contributed by atoms with E-state index >= 15 is 0 Å². The Morgan fingerprint density at radius 2 is 1.49 bits per heavy atom. The molecule has 43 heavy (non-hydrogen) atoms. The molecule has 206 valence electrons. The summed E-state index contributed by atoms with van der Waals surface area (Å²) in [5.41, 5.74) is 11.5. The zero-order valence-corrected chi connectivity index (χ0v) is 24.3. The van der Waals surface area contributed by atoms with E-state index in [2.05, 4.69) is 156 Å². The Hall–Kier alpha value is -5.28. The molecule has 0 saturated heterocycles. The van der Waals surface area contributed by atoms with Gasteiger partial charge in [-0.2, -0.15) is 0 Å². The molecule has 3 nitrogen and oxygen atoms in total. The number of rotatable bonds is 4. The highest BCUT2D eigenvalue weighted by Gasteiger charge is 2.48. The van der Waals surface area contributed by atoms with Crippen molar-refractivity contribution in [2.45, 2.75) is 25.3 Å². The summed E-state index contributed by atoms with van der Waals surface area (Å²) in [5, 5.41) is 2.52. The Kier molecular flexibility index (Phi) is 5.87. The van der Waals surface area contributed by atoms with Crippen molar-refractivity contribution in [2.75, 3.05) is 4.90 Å². The standard InChI is InChI=1S/C40H31N3/c1-27-13-18-37(42-24-27)33-22-32(25-41-26-33)30-19-20-40(2)36-17-15-31-21-29(28-9-5-3-6-10-28)14-16-35(31)39(36)43(38(40)23-30)34-11-7-4-8-12-34/h3-26,38H,1-2H3. The number of pyridine rings is 2. The molecular weight excluding hydrogens is 522 g/mol. The molecule has 0 saturated carbocycles. The van der Waals surface area contributed by atoms with Gasteiger partial charge in [-0.1, -0.05) is 97.1 Å². The maximum Gasteiger partial charge on any atom is 0.0717 e. The maximum atomic E-state index is 4.65. The molecule has 0 bridgehead atoms. The molecule has 0 amide bonds. The Bertz CT molecular complexity index is 2040. The minimum absolute atomic E-state index is 0.102. The maximum absolute atomic E-state index is 4.65. The van der Waals surface area contributed by atoms with Crippen LogP contribution in [0.2, 0.25) is 0 Å². The highest BCUT2D eigenvalue weighted by molar-refractivity contribution is 6.03. The molecule has 2 atom stereocenters. The van der Waals surface area contributed by atoms with E-state index in [1.807, 2.05) is 18.6 Å². The average Bonchev–Trinajstić information content (AvgIpc) is 3.33. The van der Waals surface area contributed by atoms with Gasteiger partial charge in [-0.3, -0.25) is 9.97 Å². The zero-order chi connectivity index (χ0) is 29.0. The van der Waals surface area contributed by atoms with Gasteiger partial charge in [0.25, 0.3) is 0 Å². The van der Waals surface area contributed by atoms with Crippen LogP contribution in [0.5, 0.6) is 0 Å². The third-order valence-electron chi connectivity index (χ3n) is 9.07. The third-order valence-corrected chi connectivity index (χ3v) is 9.07. The van der Waals surface area contributed by atoms with E-state index in [1.165, 1.54) is 44.4 Å². The number of aryl methyl sites for hydroxylation is 1. The van der Waals surface area contributed by atoms with Crippen LogP contribution < -0.4 is 4.90 Å². The fourth-order valence-electron chi connectivity index (χ4n) is 6.76. The molecule has 2 unspecified atom stereocenters. The van der Waals surface area contributed by atoms with Crippen LogP contribution in [-0.4, -0.2) is 16.0 Å². The van der Waals surface area contributed by atoms with Crippen molar-refractivity contribution in [3.63, 3.8) is 0 Å². The van der Waals surface area contributed by atoms with Crippen LogP contribution in [0.25, 0.3) is 38.7 Å². The van der Waals surface area contributed by atoms with Crippen molar-refractivity contribution in [3.05, 3.63) is 163 Å². The van der Waals surface area contributed by atoms with Gasteiger partial charge in [-0.15, -0.1) is 0 Å². The van der Waals surface area contributed by atoms with Crippen molar-refractivity contribution in [3.8, 4) is 22.4 Å². The third kappa shape index (κ3) is 4.20. The van der Waals surface area contributed by atoms with Crippen molar-refractivity contribution in [2.24, 2.45) is 0 Å². The monoisotopic (exact) mass is 553 g/mol. The van der Waals surface area contributed by atoms with Crippen LogP contribution in [0, 0.1) is 6.92 Å². The molecule has 0 fully saturated rings. The minimum atomic E-state index is -0.190. The summed E-state index contributed by atoms with van der Waals surface area (Å²) < 4.78 is 0. The number of benzene rings is 4. The first-order valence-corrected chi connectivity index (χ1v) is 14.8. The van der Waals surface area contributed by atoms with Crippen LogP contribution >= 0.6 is 0 Å². The number of aromatic nitrogens is 2. The van der Waals surface area contributed by atoms with Gasteiger partial charge in [0.2, 0.25) is 0 Å². The summed E-state index contributed by atoms with van der Waals surface area (Å²) in [6.07, 6.45) is 12.9. The van der Waals surface area contributed by atoms with Gasteiger partial charge in [0.05, 0.1) is 17.4 Å². The topological polar surface area (TPSA) is 29.0 Å². The lowest BCUT2D eigenvalue weighted by molar-refractivity contribution is 0.552. The van der Waals surface area contributed by atoms with Gasteiger partial charge in [-0.25, -0.2) is 0 Å². The summed E-state index contributed by atoms with van der Waals surface area (Å²) in [6, 6.07) is 39.4. The van der Waals surface area contributed by atoms with Crippen LogP contribution in [0.4, 0.5) is 11.4 Å². The molecule has 3 heteroatoms. The van der Waals surface area contributed by atoms with Crippen molar-refractivity contribution in [1.29, 1.82) is 0 Å². The zero-order valence-electron chi connectivity index (χ0n) is 24.3. The van der Waals surface area contributed by atoms with Crippen LogP contribution in [0.15, 0.2) is 146 Å². The summed E-state index contributed by atoms with van der Waals surface area (Å²) in [6.45, 7) is 4.43. The van der Waals surface area contributed by atoms with E-state index in [1.54, 1.807) is 0 Å². The molecule has 2 aliphatic rings.